The van der Waals surface area contributed by atoms with E-state index in [2.05, 4.69) is 27.7 Å². The average Bonchev–Trinajstić information content (AvgIpc) is 3.58. The molecule has 0 aromatic rings. The van der Waals surface area contributed by atoms with Crippen molar-refractivity contribution < 1.29 is 33.3 Å². The number of esters is 3. The lowest BCUT2D eigenvalue weighted by Gasteiger charge is -2.63. The maximum atomic E-state index is 12.5. The van der Waals surface area contributed by atoms with Crippen molar-refractivity contribution in [1.82, 2.24) is 0 Å². The normalized spacial score (nSPS) is 47.4. The van der Waals surface area contributed by atoms with Crippen molar-refractivity contribution in [3.63, 3.8) is 0 Å². The zero-order valence-electron chi connectivity index (χ0n) is 24.4. The Bertz CT molecular complexity index is 949. The molecule has 7 nitrogen and oxygen atoms in total. The molecule has 0 amide bonds. The zero-order valence-corrected chi connectivity index (χ0v) is 24.4. The van der Waals surface area contributed by atoms with Crippen LogP contribution in [-0.4, -0.2) is 49.4 Å². The van der Waals surface area contributed by atoms with Gasteiger partial charge in [0, 0.05) is 31.6 Å². The predicted molar refractivity (Wildman–Crippen MR) is 141 cm³/mol. The molecular weight excluding hydrogens is 484 g/mol. The van der Waals surface area contributed by atoms with Crippen LogP contribution in [0.15, 0.2) is 0 Å². The van der Waals surface area contributed by atoms with Crippen LogP contribution in [0.4, 0.5) is 0 Å². The summed E-state index contributed by atoms with van der Waals surface area (Å²) in [6.07, 6.45) is 7.38. The summed E-state index contributed by atoms with van der Waals surface area (Å²) in [6.45, 7) is 12.4. The van der Waals surface area contributed by atoms with E-state index in [9.17, 15) is 14.4 Å². The Kier molecular flexibility index (Phi) is 7.41. The van der Waals surface area contributed by atoms with Gasteiger partial charge in [0.25, 0.3) is 0 Å². The minimum absolute atomic E-state index is 0.0101. The average molecular weight is 533 g/mol. The molecule has 38 heavy (non-hydrogen) atoms. The molecule has 0 aromatic carbocycles. The second-order valence-electron chi connectivity index (χ2n) is 13.6. The molecule has 0 bridgehead atoms. The summed E-state index contributed by atoms with van der Waals surface area (Å²) >= 11 is 0. The predicted octanol–water partition coefficient (Wildman–Crippen LogP) is 5.33. The van der Waals surface area contributed by atoms with Crippen LogP contribution in [0, 0.1) is 52.3 Å². The lowest BCUT2D eigenvalue weighted by molar-refractivity contribution is -0.213. The standard InChI is InChI=1S/C31H48O7/c1-8-20-23-15-19(36-17(3)32)13-14-30(23,5)26-25(27(20)37-18(4)33)22-11-10-21(16(2)9-12-24(34)35-7)31(22,6)29-28(26)38-29/h16,19-23,25-29H,8-15H2,1-7H3/t16-,19-,20-,21-,22?,23+,25?,26?,27-,28-,29-,30+,31-/m1/s1. The minimum atomic E-state index is -0.214. The van der Waals surface area contributed by atoms with Crippen LogP contribution in [0.2, 0.25) is 0 Å². The van der Waals surface area contributed by atoms with Gasteiger partial charge < -0.3 is 18.9 Å². The smallest absolute Gasteiger partial charge is 0.305 e. The molecule has 0 radical (unpaired) electrons. The van der Waals surface area contributed by atoms with Gasteiger partial charge in [-0.05, 0) is 85.9 Å². The molecule has 4 aliphatic carbocycles. The van der Waals surface area contributed by atoms with Gasteiger partial charge in [-0.3, -0.25) is 14.4 Å². The SMILES string of the molecule is CC[C@H]1[C@@H](OC(C)=O)C2C3CC[C@H]([C@H](C)CCC(=O)OC)[C@@]3(C)[C@@H]3O[C@@H]3C2[C@@]2(C)CC[C@@H](OC(C)=O)C[C@@H]12. The van der Waals surface area contributed by atoms with Crippen molar-refractivity contribution in [2.45, 2.75) is 117 Å². The molecule has 0 N–H and O–H groups in total. The molecule has 1 saturated heterocycles. The molecule has 1 heterocycles. The van der Waals surface area contributed by atoms with E-state index < -0.39 is 0 Å². The summed E-state index contributed by atoms with van der Waals surface area (Å²) in [6, 6.07) is 0. The van der Waals surface area contributed by atoms with Crippen molar-refractivity contribution in [3.8, 4) is 0 Å². The van der Waals surface area contributed by atoms with E-state index in [-0.39, 0.29) is 65.0 Å². The van der Waals surface area contributed by atoms with Crippen LogP contribution < -0.4 is 0 Å². The number of carbonyl (C=O) groups is 3. The number of epoxide rings is 1. The second-order valence-corrected chi connectivity index (χ2v) is 13.6. The molecule has 1 aliphatic heterocycles. The lowest BCUT2D eigenvalue weighted by Crippen LogP contribution is -2.65. The lowest BCUT2D eigenvalue weighted by atomic mass is 9.41. The maximum absolute atomic E-state index is 12.5. The Balaban J connectivity index is 1.49. The first-order valence-electron chi connectivity index (χ1n) is 15.0. The molecular formula is C31H48O7. The topological polar surface area (TPSA) is 91.4 Å². The Morgan fingerprint density at radius 2 is 1.74 bits per heavy atom. The van der Waals surface area contributed by atoms with E-state index in [1.54, 1.807) is 6.92 Å². The van der Waals surface area contributed by atoms with E-state index in [4.69, 9.17) is 18.9 Å². The highest BCUT2D eigenvalue weighted by Crippen LogP contribution is 2.74. The summed E-state index contributed by atoms with van der Waals surface area (Å²) in [5, 5.41) is 0. The highest BCUT2D eigenvalue weighted by molar-refractivity contribution is 5.69. The quantitative estimate of drug-likeness (QED) is 0.249. The van der Waals surface area contributed by atoms with Gasteiger partial charge in [-0.1, -0.05) is 27.7 Å². The van der Waals surface area contributed by atoms with Crippen LogP contribution in [0.1, 0.15) is 92.9 Å². The Hall–Kier alpha value is -1.63. The van der Waals surface area contributed by atoms with Crippen molar-refractivity contribution in [3.05, 3.63) is 0 Å². The van der Waals surface area contributed by atoms with Crippen molar-refractivity contribution in [2.75, 3.05) is 7.11 Å². The monoisotopic (exact) mass is 532 g/mol. The van der Waals surface area contributed by atoms with Crippen LogP contribution in [-0.2, 0) is 33.3 Å². The van der Waals surface area contributed by atoms with Crippen LogP contribution in [0.5, 0.6) is 0 Å². The molecule has 0 aromatic heterocycles. The van der Waals surface area contributed by atoms with Gasteiger partial charge in [0.15, 0.2) is 0 Å². The summed E-state index contributed by atoms with van der Waals surface area (Å²) in [7, 11) is 1.46. The molecule has 5 fully saturated rings. The van der Waals surface area contributed by atoms with Crippen LogP contribution >= 0.6 is 0 Å². The maximum Gasteiger partial charge on any atom is 0.305 e. The number of ether oxygens (including phenoxy) is 4. The van der Waals surface area contributed by atoms with Crippen LogP contribution in [0.25, 0.3) is 0 Å². The summed E-state index contributed by atoms with van der Waals surface area (Å²) < 4.78 is 23.7. The van der Waals surface area contributed by atoms with E-state index in [0.29, 0.717) is 36.0 Å². The molecule has 13 atom stereocenters. The fraction of sp³-hybridized carbons (Fsp3) is 0.903. The fourth-order valence-electron chi connectivity index (χ4n) is 10.6. The largest absolute Gasteiger partial charge is 0.469 e. The molecule has 5 aliphatic rings. The number of rotatable bonds is 7. The van der Waals surface area contributed by atoms with Gasteiger partial charge >= 0.3 is 17.9 Å². The highest BCUT2D eigenvalue weighted by atomic mass is 16.6. The van der Waals surface area contributed by atoms with Gasteiger partial charge in [-0.25, -0.2) is 0 Å². The molecule has 7 heteroatoms. The van der Waals surface area contributed by atoms with E-state index in [1.807, 2.05) is 0 Å². The molecule has 3 unspecified atom stereocenters. The number of hydrogen-bond acceptors (Lipinski definition) is 7. The Morgan fingerprint density at radius 1 is 1.03 bits per heavy atom. The van der Waals surface area contributed by atoms with Crippen molar-refractivity contribution in [1.29, 1.82) is 0 Å². The fourth-order valence-corrected chi connectivity index (χ4v) is 10.6. The first-order chi connectivity index (χ1) is 18.0. The van der Waals surface area contributed by atoms with E-state index in [1.165, 1.54) is 14.0 Å². The highest BCUT2D eigenvalue weighted by Gasteiger charge is 2.76. The second kappa shape index (κ2) is 10.1. The first kappa shape index (κ1) is 27.9. The van der Waals surface area contributed by atoms with Crippen molar-refractivity contribution in [2.24, 2.45) is 52.3 Å². The Morgan fingerprint density at radius 3 is 2.37 bits per heavy atom. The summed E-state index contributed by atoms with van der Waals surface area (Å²) in [5.41, 5.74) is 0.0736. The zero-order chi connectivity index (χ0) is 27.6. The number of methoxy groups -OCH3 is 1. The van der Waals surface area contributed by atoms with Crippen LogP contribution in [0.3, 0.4) is 0 Å². The summed E-state index contributed by atoms with van der Waals surface area (Å²) in [5.74, 6) is 1.88. The number of carbonyl (C=O) groups excluding carboxylic acids is 3. The summed E-state index contributed by atoms with van der Waals surface area (Å²) in [4.78, 5) is 36.3. The third kappa shape index (κ3) is 4.30. The van der Waals surface area contributed by atoms with E-state index >= 15 is 0 Å². The molecule has 0 spiro atoms. The third-order valence-corrected chi connectivity index (χ3v) is 12.0. The van der Waals surface area contributed by atoms with Gasteiger partial charge in [0.05, 0.1) is 19.3 Å². The van der Waals surface area contributed by atoms with E-state index in [0.717, 1.165) is 44.9 Å². The molecule has 4 saturated carbocycles. The van der Waals surface area contributed by atoms with Gasteiger partial charge in [-0.15, -0.1) is 0 Å². The van der Waals surface area contributed by atoms with Gasteiger partial charge in [0.2, 0.25) is 0 Å². The first-order valence-corrected chi connectivity index (χ1v) is 15.0. The van der Waals surface area contributed by atoms with Gasteiger partial charge in [0.1, 0.15) is 12.2 Å². The van der Waals surface area contributed by atoms with Gasteiger partial charge in [-0.2, -0.15) is 0 Å². The third-order valence-electron chi connectivity index (χ3n) is 12.0. The molecule has 5 rings (SSSR count). The van der Waals surface area contributed by atoms with Crippen molar-refractivity contribution >= 4 is 17.9 Å². The Labute approximate surface area is 228 Å². The molecule has 214 valence electrons. The number of hydrogen-bond donors (Lipinski definition) is 0. The minimum Gasteiger partial charge on any atom is -0.469 e. The number of fused-ring (bicyclic) bond motifs is 8.